The summed E-state index contributed by atoms with van der Waals surface area (Å²) in [6.07, 6.45) is -5.86. The number of nitrogens with one attached hydrogen (secondary N) is 1. The van der Waals surface area contributed by atoms with Crippen LogP contribution >= 0.6 is 15.6 Å². The molecule has 25 heteroatoms. The summed E-state index contributed by atoms with van der Waals surface area (Å²) in [5.41, 5.74) is 11.3. The molecule has 9 atom stereocenters. The van der Waals surface area contributed by atoms with Gasteiger partial charge in [0.1, 0.15) is 42.5 Å². The summed E-state index contributed by atoms with van der Waals surface area (Å²) in [4.78, 5) is 54.8. The summed E-state index contributed by atoms with van der Waals surface area (Å²) in [7, 11) is -8.70. The molecule has 2 aliphatic heterocycles. The molecule has 0 aromatic carbocycles. The third-order valence-electron chi connectivity index (χ3n) is 7.23. The van der Waals surface area contributed by atoms with Gasteiger partial charge in [-0.05, 0) is 0 Å². The molecule has 2 aliphatic rings. The number of fused-ring (bicyclic) bond motifs is 2. The number of aromatic amines is 1. The van der Waals surface area contributed by atoms with Crippen molar-refractivity contribution in [2.45, 2.75) is 49.4 Å². The monoisotopic (exact) mass is 690 g/mol. The molecule has 0 aliphatic carbocycles. The van der Waals surface area contributed by atoms with Gasteiger partial charge in [0, 0.05) is 13.5 Å². The third kappa shape index (κ3) is 6.28. The lowest BCUT2D eigenvalue weighted by molar-refractivity contribution is -0.0554. The van der Waals surface area contributed by atoms with E-state index in [1.807, 2.05) is 0 Å². The number of aromatic nitrogens is 8. The van der Waals surface area contributed by atoms with Crippen molar-refractivity contribution in [1.82, 2.24) is 39.0 Å². The predicted molar refractivity (Wildman–Crippen MR) is 150 cm³/mol. The summed E-state index contributed by atoms with van der Waals surface area (Å²) in [6, 6.07) is 0. The van der Waals surface area contributed by atoms with E-state index in [0.29, 0.717) is 0 Å². The largest absolute Gasteiger partial charge is 0.472 e. The number of anilines is 2. The first-order valence-electron chi connectivity index (χ1n) is 13.3. The van der Waals surface area contributed by atoms with Crippen LogP contribution in [0, 0.1) is 0 Å². The zero-order chi connectivity index (χ0) is 33.0. The van der Waals surface area contributed by atoms with E-state index >= 15 is 0 Å². The number of phosphoric acid groups is 2. The molecule has 6 heterocycles. The number of aliphatic hydroxyl groups excluding tert-OH is 2. The van der Waals surface area contributed by atoms with Gasteiger partial charge in [-0.2, -0.15) is 4.98 Å². The maximum atomic E-state index is 13.1. The molecule has 4 aromatic rings. The third-order valence-corrected chi connectivity index (χ3v) is 9.15. The Kier molecular flexibility index (Phi) is 8.69. The van der Waals surface area contributed by atoms with E-state index in [9.17, 15) is 33.9 Å². The number of hydrogen-bond donors (Lipinski definition) is 7. The first-order chi connectivity index (χ1) is 21.8. The highest BCUT2D eigenvalue weighted by Crippen LogP contribution is 2.50. The summed E-state index contributed by atoms with van der Waals surface area (Å²) in [6.45, 7) is -1.41. The van der Waals surface area contributed by atoms with Gasteiger partial charge in [-0.3, -0.25) is 37.0 Å². The maximum absolute atomic E-state index is 13.1. The number of nitrogens with zero attached hydrogens (tertiary/aromatic N) is 7. The molecule has 9 unspecified atom stereocenters. The van der Waals surface area contributed by atoms with Crippen LogP contribution in [0.15, 0.2) is 23.8 Å². The Bertz CT molecular complexity index is 1900. The first kappa shape index (κ1) is 32.5. The lowest BCUT2D eigenvalue weighted by atomic mass is 10.1. The standard InChI is InChI=1S/C21H28N10O13P2/c1-39-45(35,36)40-4-10-15(14(33)20(43-10)31-7-26-12-16(22)24-5-25-17(12)31)44-46(37,38)41-3-9-8(32)2-11(42-9)30-6-27-13-18(30)28-21(23)29-19(13)34/h5-11,14-15,20,32-33H,2-4H2,1H3,(H,35,36)(H,37,38)(H2,22,24,25)(H3,23,28,29,34). The Morgan fingerprint density at radius 2 is 1.67 bits per heavy atom. The average molecular weight is 690 g/mol. The predicted octanol–water partition coefficient (Wildman–Crippen LogP) is -1.70. The number of aliphatic hydroxyl groups is 2. The van der Waals surface area contributed by atoms with Crippen molar-refractivity contribution in [3.8, 4) is 0 Å². The van der Waals surface area contributed by atoms with Gasteiger partial charge >= 0.3 is 15.6 Å². The van der Waals surface area contributed by atoms with Crippen molar-refractivity contribution in [1.29, 1.82) is 0 Å². The van der Waals surface area contributed by atoms with Crippen LogP contribution in [0.1, 0.15) is 18.9 Å². The molecule has 0 amide bonds. The van der Waals surface area contributed by atoms with Crippen LogP contribution in [0.25, 0.3) is 22.3 Å². The zero-order valence-corrected chi connectivity index (χ0v) is 25.3. The fraction of sp³-hybridized carbons (Fsp3) is 0.524. The molecular formula is C21H28N10O13P2. The van der Waals surface area contributed by atoms with Gasteiger partial charge in [-0.1, -0.05) is 0 Å². The second-order valence-corrected chi connectivity index (χ2v) is 13.1. The molecule has 46 heavy (non-hydrogen) atoms. The Morgan fingerprint density at radius 1 is 0.978 bits per heavy atom. The first-order valence-corrected chi connectivity index (χ1v) is 16.3. The van der Waals surface area contributed by atoms with Crippen LogP contribution in [0.2, 0.25) is 0 Å². The number of H-pyrrole nitrogens is 1. The number of rotatable bonds is 11. The molecule has 23 nitrogen and oxygen atoms in total. The second-order valence-electron chi connectivity index (χ2n) is 10.1. The highest BCUT2D eigenvalue weighted by atomic mass is 31.2. The van der Waals surface area contributed by atoms with Crippen LogP contribution in [0.5, 0.6) is 0 Å². The van der Waals surface area contributed by atoms with Crippen LogP contribution in [0.3, 0.4) is 0 Å². The molecule has 0 saturated carbocycles. The molecule has 2 fully saturated rings. The van der Waals surface area contributed by atoms with E-state index in [0.717, 1.165) is 13.4 Å². The number of hydrogen-bond acceptors (Lipinski definition) is 18. The van der Waals surface area contributed by atoms with Crippen molar-refractivity contribution < 1.29 is 56.7 Å². The highest BCUT2D eigenvalue weighted by Gasteiger charge is 2.50. The summed E-state index contributed by atoms with van der Waals surface area (Å²) in [5.74, 6) is -0.130. The fourth-order valence-corrected chi connectivity index (χ4v) is 6.44. The molecule has 9 N–H and O–H groups in total. The minimum atomic E-state index is -5.07. The van der Waals surface area contributed by atoms with Gasteiger partial charge in [0.25, 0.3) is 5.56 Å². The van der Waals surface area contributed by atoms with E-state index in [-0.39, 0.29) is 40.5 Å². The quantitative estimate of drug-likeness (QED) is 0.0862. The molecule has 0 spiro atoms. The number of nitrogens with two attached hydrogens (primary N) is 2. The van der Waals surface area contributed by atoms with Gasteiger partial charge < -0.3 is 40.9 Å². The number of ether oxygens (including phenoxy) is 2. The average Bonchev–Trinajstić information content (AvgIpc) is 3.77. The number of nitrogen functional groups attached to an aromatic ring is 2. The number of imidazole rings is 2. The molecule has 0 radical (unpaired) electrons. The van der Waals surface area contributed by atoms with Gasteiger partial charge in [0.05, 0.1) is 32.0 Å². The zero-order valence-electron chi connectivity index (χ0n) is 23.5. The molecule has 4 aromatic heterocycles. The smallest absolute Gasteiger partial charge is 0.390 e. The fourth-order valence-electron chi connectivity index (χ4n) is 5.03. The van der Waals surface area contributed by atoms with Gasteiger partial charge in [-0.25, -0.2) is 29.1 Å². The van der Waals surface area contributed by atoms with Crippen molar-refractivity contribution in [2.24, 2.45) is 0 Å². The number of phosphoric ester groups is 2. The van der Waals surface area contributed by atoms with Gasteiger partial charge in [-0.15, -0.1) is 0 Å². The van der Waals surface area contributed by atoms with Gasteiger partial charge in [0.15, 0.2) is 28.9 Å². The summed E-state index contributed by atoms with van der Waals surface area (Å²) in [5, 5.41) is 21.8. The minimum absolute atomic E-state index is 0.0166. The van der Waals surface area contributed by atoms with Crippen LogP contribution in [-0.2, 0) is 36.7 Å². The lowest BCUT2D eigenvalue weighted by Gasteiger charge is -2.24. The Hall–Kier alpha value is -3.44. The SMILES string of the molecule is COP(=O)(O)OCC1OC(n2cnc3c(N)ncnc32)C(O)C1OP(=O)(O)OCC1OC(n2cnc3c(=O)[nH]c(N)nc32)CC1O. The van der Waals surface area contributed by atoms with Crippen LogP contribution in [-0.4, -0.2) is 110 Å². The van der Waals surface area contributed by atoms with Crippen molar-refractivity contribution in [2.75, 3.05) is 31.8 Å². The lowest BCUT2D eigenvalue weighted by Crippen LogP contribution is -2.36. The van der Waals surface area contributed by atoms with E-state index in [4.69, 9.17) is 34.5 Å². The minimum Gasteiger partial charge on any atom is -0.390 e. The summed E-state index contributed by atoms with van der Waals surface area (Å²) < 4.78 is 58.9. The topological polar surface area (TPSA) is 330 Å². The second kappa shape index (κ2) is 12.3. The van der Waals surface area contributed by atoms with Crippen molar-refractivity contribution >= 4 is 49.7 Å². The van der Waals surface area contributed by atoms with Crippen molar-refractivity contribution in [3.63, 3.8) is 0 Å². The molecule has 0 bridgehead atoms. The van der Waals surface area contributed by atoms with E-state index < -0.39 is 77.4 Å². The van der Waals surface area contributed by atoms with Crippen LogP contribution < -0.4 is 17.0 Å². The summed E-state index contributed by atoms with van der Waals surface area (Å²) >= 11 is 0. The molecule has 6 rings (SSSR count). The molecule has 250 valence electrons. The van der Waals surface area contributed by atoms with Crippen molar-refractivity contribution in [3.05, 3.63) is 29.3 Å². The van der Waals surface area contributed by atoms with E-state index in [1.54, 1.807) is 0 Å². The molecular weight excluding hydrogens is 662 g/mol. The Balaban J connectivity index is 1.16. The van der Waals surface area contributed by atoms with Crippen LogP contribution in [0.4, 0.5) is 11.8 Å². The molecule has 2 saturated heterocycles. The Morgan fingerprint density at radius 3 is 2.43 bits per heavy atom. The highest BCUT2D eigenvalue weighted by molar-refractivity contribution is 7.47. The van der Waals surface area contributed by atoms with E-state index in [1.165, 1.54) is 21.8 Å². The maximum Gasteiger partial charge on any atom is 0.472 e. The van der Waals surface area contributed by atoms with Gasteiger partial charge in [0.2, 0.25) is 5.95 Å². The normalized spacial score (nSPS) is 29.4. The Labute approximate surface area is 256 Å². The van der Waals surface area contributed by atoms with E-state index in [2.05, 4.69) is 34.4 Å².